The maximum atomic E-state index is 10.2. The van der Waals surface area contributed by atoms with Crippen LogP contribution in [0.2, 0.25) is 0 Å². The third-order valence-corrected chi connectivity index (χ3v) is 1.87. The molecule has 1 aliphatic heterocycles. The van der Waals surface area contributed by atoms with Crippen LogP contribution in [0.15, 0.2) is 24.6 Å². The highest BCUT2D eigenvalue weighted by molar-refractivity contribution is 5.03. The van der Waals surface area contributed by atoms with Crippen LogP contribution in [0, 0.1) is 10.1 Å². The van der Waals surface area contributed by atoms with E-state index in [0.29, 0.717) is 6.54 Å². The van der Waals surface area contributed by atoms with Gasteiger partial charge in [0.05, 0.1) is 10.6 Å². The highest BCUT2D eigenvalue weighted by atomic mass is 16.6. The molecule has 0 N–H and O–H groups in total. The van der Waals surface area contributed by atoms with Gasteiger partial charge in [0.15, 0.2) is 0 Å². The van der Waals surface area contributed by atoms with Crippen LogP contribution in [0.25, 0.3) is 0 Å². The van der Waals surface area contributed by atoms with E-state index < -0.39 is 4.92 Å². The zero-order valence-electron chi connectivity index (χ0n) is 6.90. The summed E-state index contributed by atoms with van der Waals surface area (Å²) in [6, 6.07) is 0. The molecule has 0 saturated carbocycles. The Kier molecular flexibility index (Phi) is 2.85. The minimum absolute atomic E-state index is 0.392. The summed E-state index contributed by atoms with van der Waals surface area (Å²) in [5, 5.41) is 10.2. The van der Waals surface area contributed by atoms with Gasteiger partial charge in [-0.25, -0.2) is 0 Å². The second kappa shape index (κ2) is 3.90. The van der Waals surface area contributed by atoms with Crippen LogP contribution in [0.3, 0.4) is 0 Å². The zero-order valence-corrected chi connectivity index (χ0v) is 6.90. The van der Waals surface area contributed by atoms with E-state index in [9.17, 15) is 10.1 Å². The first-order valence-electron chi connectivity index (χ1n) is 3.94. The molecule has 1 rings (SSSR count). The first-order valence-corrected chi connectivity index (χ1v) is 3.94. The van der Waals surface area contributed by atoms with Crippen molar-refractivity contribution >= 4 is 0 Å². The predicted octanol–water partition coefficient (Wildman–Crippen LogP) is 1.39. The van der Waals surface area contributed by atoms with Gasteiger partial charge in [0.2, 0.25) is 0 Å². The summed E-state index contributed by atoms with van der Waals surface area (Å²) >= 11 is 0. The average molecular weight is 168 g/mol. The summed E-state index contributed by atoms with van der Waals surface area (Å²) in [5.41, 5.74) is 0.819. The average Bonchev–Trinajstić information content (AvgIpc) is 2.37. The van der Waals surface area contributed by atoms with Gasteiger partial charge in [-0.1, -0.05) is 6.08 Å². The molecule has 0 aromatic carbocycles. The molecule has 0 aromatic rings. The third-order valence-electron chi connectivity index (χ3n) is 1.87. The van der Waals surface area contributed by atoms with Crippen molar-refractivity contribution in [3.63, 3.8) is 0 Å². The highest BCUT2D eigenvalue weighted by Gasteiger charge is 2.17. The van der Waals surface area contributed by atoms with E-state index >= 15 is 0 Å². The van der Waals surface area contributed by atoms with Crippen LogP contribution in [0.5, 0.6) is 0 Å². The second-order valence-electron chi connectivity index (χ2n) is 2.74. The van der Waals surface area contributed by atoms with E-state index in [0.717, 1.165) is 31.3 Å². The van der Waals surface area contributed by atoms with Crippen LogP contribution in [-0.4, -0.2) is 22.9 Å². The molecule has 0 radical (unpaired) electrons. The topological polar surface area (TPSA) is 46.4 Å². The summed E-state index contributed by atoms with van der Waals surface area (Å²) in [6.07, 6.45) is 4.68. The maximum absolute atomic E-state index is 10.2. The highest BCUT2D eigenvalue weighted by Crippen LogP contribution is 2.19. The lowest BCUT2D eigenvalue weighted by Crippen LogP contribution is -2.17. The Bertz CT molecular complexity index is 223. The van der Waals surface area contributed by atoms with Gasteiger partial charge in [-0.3, -0.25) is 10.1 Å². The van der Waals surface area contributed by atoms with Crippen molar-refractivity contribution in [2.24, 2.45) is 0 Å². The predicted molar refractivity (Wildman–Crippen MR) is 46.1 cm³/mol. The summed E-state index contributed by atoms with van der Waals surface area (Å²) in [7, 11) is 0. The van der Waals surface area contributed by atoms with Crippen molar-refractivity contribution in [1.29, 1.82) is 0 Å². The molecule has 0 aromatic heterocycles. The first-order chi connectivity index (χ1) is 5.74. The molecule has 4 nitrogen and oxygen atoms in total. The Morgan fingerprint density at radius 3 is 3.08 bits per heavy atom. The number of likely N-dealkylation sites (tertiary alicyclic amines) is 1. The summed E-state index contributed by atoms with van der Waals surface area (Å²) in [5.74, 6) is 0. The van der Waals surface area contributed by atoms with Crippen LogP contribution in [0.4, 0.5) is 0 Å². The lowest BCUT2D eigenvalue weighted by Gasteiger charge is -2.14. The van der Waals surface area contributed by atoms with Crippen molar-refractivity contribution < 1.29 is 4.92 Å². The number of allylic oxidation sites excluding steroid dienone is 1. The van der Waals surface area contributed by atoms with Gasteiger partial charge in [-0.15, -0.1) is 6.58 Å². The monoisotopic (exact) mass is 168 g/mol. The van der Waals surface area contributed by atoms with E-state index in [1.54, 1.807) is 6.08 Å². The Balaban J connectivity index is 2.62. The number of rotatable bonds is 3. The lowest BCUT2D eigenvalue weighted by atomic mass is 10.3. The van der Waals surface area contributed by atoms with E-state index in [1.807, 2.05) is 4.90 Å². The Hall–Kier alpha value is -1.32. The molecule has 0 amide bonds. The molecule has 0 aliphatic carbocycles. The SMILES string of the molecule is C=CCN1CCCC1=C[N+](=O)[O-]. The van der Waals surface area contributed by atoms with Crippen LogP contribution in [-0.2, 0) is 0 Å². The summed E-state index contributed by atoms with van der Waals surface area (Å²) < 4.78 is 0. The molecule has 4 heteroatoms. The van der Waals surface area contributed by atoms with Gasteiger partial charge in [-0.05, 0) is 12.8 Å². The Morgan fingerprint density at radius 1 is 1.75 bits per heavy atom. The minimum atomic E-state index is -0.392. The smallest absolute Gasteiger partial charge is 0.253 e. The Morgan fingerprint density at radius 2 is 2.50 bits per heavy atom. The minimum Gasteiger partial charge on any atom is -0.366 e. The van der Waals surface area contributed by atoms with E-state index in [1.165, 1.54) is 0 Å². The van der Waals surface area contributed by atoms with Crippen molar-refractivity contribution in [2.75, 3.05) is 13.1 Å². The van der Waals surface area contributed by atoms with Crippen LogP contribution in [0.1, 0.15) is 12.8 Å². The summed E-state index contributed by atoms with van der Waals surface area (Å²) in [4.78, 5) is 11.8. The van der Waals surface area contributed by atoms with Crippen molar-refractivity contribution in [3.05, 3.63) is 34.7 Å². The van der Waals surface area contributed by atoms with Gasteiger partial charge in [0.1, 0.15) is 0 Å². The summed E-state index contributed by atoms with van der Waals surface area (Å²) in [6.45, 7) is 5.22. The number of hydrogen-bond donors (Lipinski definition) is 0. The van der Waals surface area contributed by atoms with Crippen LogP contribution >= 0.6 is 0 Å². The lowest BCUT2D eigenvalue weighted by molar-refractivity contribution is -0.404. The largest absolute Gasteiger partial charge is 0.366 e. The molecular weight excluding hydrogens is 156 g/mol. The van der Waals surface area contributed by atoms with Crippen molar-refractivity contribution in [3.8, 4) is 0 Å². The normalized spacial score (nSPS) is 20.0. The van der Waals surface area contributed by atoms with Gasteiger partial charge in [0.25, 0.3) is 6.20 Å². The molecule has 1 saturated heterocycles. The molecule has 1 fully saturated rings. The van der Waals surface area contributed by atoms with Gasteiger partial charge in [-0.2, -0.15) is 0 Å². The van der Waals surface area contributed by atoms with E-state index in [4.69, 9.17) is 0 Å². The van der Waals surface area contributed by atoms with Gasteiger partial charge >= 0.3 is 0 Å². The molecule has 1 aliphatic rings. The van der Waals surface area contributed by atoms with Crippen molar-refractivity contribution in [1.82, 2.24) is 4.90 Å². The van der Waals surface area contributed by atoms with E-state index in [-0.39, 0.29) is 0 Å². The number of nitrogens with zero attached hydrogens (tertiary/aromatic N) is 2. The molecule has 0 unspecified atom stereocenters. The zero-order chi connectivity index (χ0) is 8.97. The molecule has 12 heavy (non-hydrogen) atoms. The number of hydrogen-bond acceptors (Lipinski definition) is 3. The molecule has 1 heterocycles. The fourth-order valence-electron chi connectivity index (χ4n) is 1.39. The first kappa shape index (κ1) is 8.77. The molecule has 0 spiro atoms. The fourth-order valence-corrected chi connectivity index (χ4v) is 1.39. The quantitative estimate of drug-likeness (QED) is 0.363. The standard InChI is InChI=1S/C8H12N2O2/c1-2-5-9-6-3-4-8(9)7-10(11)12/h2,7H,1,3-6H2. The molecule has 0 atom stereocenters. The van der Waals surface area contributed by atoms with Gasteiger partial charge in [0, 0.05) is 13.1 Å². The van der Waals surface area contributed by atoms with Crippen LogP contribution < -0.4 is 0 Å². The fraction of sp³-hybridized carbons (Fsp3) is 0.500. The second-order valence-corrected chi connectivity index (χ2v) is 2.74. The maximum Gasteiger partial charge on any atom is 0.253 e. The number of nitro groups is 1. The molecular formula is C8H12N2O2. The van der Waals surface area contributed by atoms with E-state index in [2.05, 4.69) is 6.58 Å². The third kappa shape index (κ3) is 2.08. The Labute approximate surface area is 71.3 Å². The molecule has 0 bridgehead atoms. The van der Waals surface area contributed by atoms with Gasteiger partial charge < -0.3 is 4.90 Å². The van der Waals surface area contributed by atoms with Crippen molar-refractivity contribution in [2.45, 2.75) is 12.8 Å². The molecule has 66 valence electrons.